The van der Waals surface area contributed by atoms with Gasteiger partial charge in [0.1, 0.15) is 6.07 Å². The Kier molecular flexibility index (Phi) is 6.79. The van der Waals surface area contributed by atoms with E-state index in [1.165, 1.54) is 10.7 Å². The summed E-state index contributed by atoms with van der Waals surface area (Å²) in [6.07, 6.45) is 3.47. The first-order valence-corrected chi connectivity index (χ1v) is 12.3. The molecule has 0 aliphatic carbocycles. The lowest BCUT2D eigenvalue weighted by Gasteiger charge is -2.43. The maximum atomic E-state index is 9.70. The van der Waals surface area contributed by atoms with Gasteiger partial charge in [0.15, 0.2) is 17.2 Å². The normalized spacial score (nSPS) is 16.6. The van der Waals surface area contributed by atoms with Gasteiger partial charge in [-0.3, -0.25) is 4.90 Å². The topological polar surface area (TPSA) is 130 Å². The lowest BCUT2D eigenvalue weighted by Crippen LogP contribution is -2.54. The van der Waals surface area contributed by atoms with Crippen molar-refractivity contribution < 1.29 is 4.74 Å². The number of aromatic nitrogens is 4. The third-order valence-corrected chi connectivity index (χ3v) is 7.22. The van der Waals surface area contributed by atoms with Crippen molar-refractivity contribution >= 4 is 40.4 Å². The number of hydrogen-bond acceptors (Lipinski definition) is 10. The number of benzene rings is 1. The van der Waals surface area contributed by atoms with Crippen molar-refractivity contribution in [3.05, 3.63) is 34.6 Å². The van der Waals surface area contributed by atoms with Crippen LogP contribution in [0.15, 0.2) is 18.3 Å². The lowest BCUT2D eigenvalue weighted by atomic mass is 10.00. The molecule has 4 heterocycles. The van der Waals surface area contributed by atoms with E-state index < -0.39 is 0 Å². The maximum absolute atomic E-state index is 9.70. The number of piperidine rings is 1. The van der Waals surface area contributed by atoms with Gasteiger partial charge in [0, 0.05) is 25.7 Å². The van der Waals surface area contributed by atoms with Crippen LogP contribution in [0.4, 0.5) is 23.1 Å². The Labute approximate surface area is 214 Å². The first-order chi connectivity index (χ1) is 17.5. The van der Waals surface area contributed by atoms with Crippen molar-refractivity contribution in [3.63, 3.8) is 0 Å². The number of halogens is 1. The average molecular weight is 507 g/mol. The van der Waals surface area contributed by atoms with Gasteiger partial charge in [-0.05, 0) is 38.9 Å². The molecule has 3 aromatic rings. The Morgan fingerprint density at radius 3 is 2.61 bits per heavy atom. The van der Waals surface area contributed by atoms with Crippen molar-refractivity contribution in [2.75, 3.05) is 55.4 Å². The van der Waals surface area contributed by atoms with E-state index in [0.29, 0.717) is 46.4 Å². The van der Waals surface area contributed by atoms with Gasteiger partial charge in [-0.25, -0.2) is 4.98 Å². The zero-order valence-corrected chi connectivity index (χ0v) is 21.0. The number of imidazole rings is 1. The summed E-state index contributed by atoms with van der Waals surface area (Å²) >= 11 is 6.88. The second kappa shape index (κ2) is 10.2. The lowest BCUT2D eigenvalue weighted by molar-refractivity contribution is -0.0718. The molecule has 2 aliphatic heterocycles. The molecule has 0 atom stereocenters. The molecule has 2 saturated heterocycles. The Hall–Kier alpha value is -3.64. The molecule has 2 aromatic heterocycles. The zero-order valence-electron chi connectivity index (χ0n) is 20.2. The predicted octanol–water partition coefficient (Wildman–Crippen LogP) is 3.00. The molecule has 11 nitrogen and oxygen atoms in total. The molecule has 0 amide bonds. The van der Waals surface area contributed by atoms with Crippen LogP contribution in [0.25, 0.3) is 5.65 Å². The number of rotatable bonds is 7. The van der Waals surface area contributed by atoms with Crippen LogP contribution in [-0.4, -0.2) is 76.5 Å². The Bertz CT molecular complexity index is 1350. The molecule has 0 saturated carbocycles. The highest BCUT2D eigenvalue weighted by atomic mass is 35.5. The van der Waals surface area contributed by atoms with Gasteiger partial charge in [0.25, 0.3) is 0 Å². The summed E-state index contributed by atoms with van der Waals surface area (Å²) in [6.45, 7) is 5.85. The smallest absolute Gasteiger partial charge is 0.247 e. The summed E-state index contributed by atoms with van der Waals surface area (Å²) in [5.74, 6) is 0.728. The average Bonchev–Trinajstić information content (AvgIpc) is 3.28. The highest BCUT2D eigenvalue weighted by Gasteiger charge is 2.31. The fraction of sp³-hybridized carbons (Fsp3) is 0.458. The minimum Gasteiger partial charge on any atom is -0.378 e. The van der Waals surface area contributed by atoms with E-state index in [1.807, 2.05) is 13.0 Å². The van der Waals surface area contributed by atoms with Crippen molar-refractivity contribution in [3.8, 4) is 12.1 Å². The van der Waals surface area contributed by atoms with E-state index in [9.17, 15) is 10.5 Å². The van der Waals surface area contributed by atoms with Crippen LogP contribution in [0.2, 0.25) is 5.02 Å². The van der Waals surface area contributed by atoms with Crippen LogP contribution >= 0.6 is 11.6 Å². The largest absolute Gasteiger partial charge is 0.378 e. The molecule has 186 valence electrons. The molecule has 0 spiro atoms. The number of nitriles is 2. The summed E-state index contributed by atoms with van der Waals surface area (Å²) in [4.78, 5) is 13.5. The number of anilines is 4. The molecule has 0 radical (unpaired) electrons. The van der Waals surface area contributed by atoms with E-state index in [4.69, 9.17) is 16.3 Å². The minimum atomic E-state index is 0.235. The van der Waals surface area contributed by atoms with Crippen LogP contribution in [0.3, 0.4) is 0 Å². The first-order valence-electron chi connectivity index (χ1n) is 12.0. The van der Waals surface area contributed by atoms with Gasteiger partial charge >= 0.3 is 0 Å². The maximum Gasteiger partial charge on any atom is 0.247 e. The number of likely N-dealkylation sites (N-methyl/N-ethyl adjacent to an activating group) is 1. The quantitative estimate of drug-likeness (QED) is 0.493. The van der Waals surface area contributed by atoms with Gasteiger partial charge in [0.2, 0.25) is 5.95 Å². The van der Waals surface area contributed by atoms with E-state index in [-0.39, 0.29) is 11.6 Å². The molecule has 36 heavy (non-hydrogen) atoms. The molecule has 5 rings (SSSR count). The Balaban J connectivity index is 1.42. The minimum absolute atomic E-state index is 0.235. The summed E-state index contributed by atoms with van der Waals surface area (Å²) in [7, 11) is 2.18. The standard InChI is InChI=1S/C24H27ClN10O/c1-3-28-22-23-29-12-17(11-27)35(23)32-24(31-22)30-19-8-15(10-26)9-20(21(19)25)34-6-4-16(5-7-34)33(2)18-13-36-14-18/h8-9,12,16,18H,3-7,13-14H2,1-2H3,(H2,28,30,31,32). The van der Waals surface area contributed by atoms with E-state index in [0.717, 1.165) is 44.8 Å². The molecule has 2 fully saturated rings. The Morgan fingerprint density at radius 1 is 1.19 bits per heavy atom. The van der Waals surface area contributed by atoms with Crippen LogP contribution in [0.5, 0.6) is 0 Å². The zero-order chi connectivity index (χ0) is 25.2. The van der Waals surface area contributed by atoms with Crippen molar-refractivity contribution in [1.29, 1.82) is 10.5 Å². The summed E-state index contributed by atoms with van der Waals surface area (Å²) in [5, 5.41) is 30.4. The molecule has 12 heteroatoms. The van der Waals surface area contributed by atoms with E-state index >= 15 is 0 Å². The number of fused-ring (bicyclic) bond motifs is 1. The molecule has 2 aliphatic rings. The van der Waals surface area contributed by atoms with E-state index in [1.54, 1.807) is 6.07 Å². The van der Waals surface area contributed by atoms with Crippen molar-refractivity contribution in [1.82, 2.24) is 24.5 Å². The van der Waals surface area contributed by atoms with Gasteiger partial charge in [-0.15, -0.1) is 5.10 Å². The molecule has 0 unspecified atom stereocenters. The van der Waals surface area contributed by atoms with Crippen LogP contribution < -0.4 is 15.5 Å². The third-order valence-electron chi connectivity index (χ3n) is 6.83. The number of hydrogen-bond donors (Lipinski definition) is 2. The van der Waals surface area contributed by atoms with Gasteiger partial charge in [0.05, 0.1) is 53.5 Å². The number of nitrogens with one attached hydrogen (secondary N) is 2. The molecule has 1 aromatic carbocycles. The fourth-order valence-corrected chi connectivity index (χ4v) is 4.96. The SMILES string of the molecule is CCNc1nc(Nc2cc(C#N)cc(N3CCC(N(C)C4COC4)CC3)c2Cl)nn2c(C#N)cnc12. The number of ether oxygens (including phenoxy) is 1. The highest BCUT2D eigenvalue weighted by Crippen LogP contribution is 2.37. The second-order valence-corrected chi connectivity index (χ2v) is 9.35. The summed E-state index contributed by atoms with van der Waals surface area (Å²) in [5.41, 5.74) is 2.55. The third kappa shape index (κ3) is 4.49. The summed E-state index contributed by atoms with van der Waals surface area (Å²) < 4.78 is 6.79. The molecule has 2 N–H and O–H groups in total. The molecule has 0 bridgehead atoms. The highest BCUT2D eigenvalue weighted by molar-refractivity contribution is 6.36. The molecular formula is C24H27ClN10O. The van der Waals surface area contributed by atoms with Crippen LogP contribution in [-0.2, 0) is 4.74 Å². The van der Waals surface area contributed by atoms with E-state index in [2.05, 4.69) is 54.7 Å². The van der Waals surface area contributed by atoms with Gasteiger partial charge < -0.3 is 20.3 Å². The van der Waals surface area contributed by atoms with Gasteiger partial charge in [-0.2, -0.15) is 20.0 Å². The van der Waals surface area contributed by atoms with Crippen LogP contribution in [0, 0.1) is 22.7 Å². The predicted molar refractivity (Wildman–Crippen MR) is 137 cm³/mol. The van der Waals surface area contributed by atoms with Crippen molar-refractivity contribution in [2.24, 2.45) is 0 Å². The number of nitrogens with zero attached hydrogens (tertiary/aromatic N) is 8. The monoisotopic (exact) mass is 506 g/mol. The van der Waals surface area contributed by atoms with Crippen LogP contribution in [0.1, 0.15) is 31.0 Å². The molecular weight excluding hydrogens is 480 g/mol. The Morgan fingerprint density at radius 2 is 1.97 bits per heavy atom. The first kappa shape index (κ1) is 24.1. The fourth-order valence-electron chi connectivity index (χ4n) is 4.68. The van der Waals surface area contributed by atoms with Gasteiger partial charge in [-0.1, -0.05) is 11.6 Å². The second-order valence-electron chi connectivity index (χ2n) is 8.97. The van der Waals surface area contributed by atoms with Crippen molar-refractivity contribution in [2.45, 2.75) is 31.8 Å². The summed E-state index contributed by atoms with van der Waals surface area (Å²) in [6, 6.07) is 8.84.